The van der Waals surface area contributed by atoms with E-state index in [1.807, 2.05) is 38.4 Å². The first-order valence-corrected chi connectivity index (χ1v) is 7.06. The number of pyridine rings is 2. The van der Waals surface area contributed by atoms with Crippen LogP contribution in [0.15, 0.2) is 41.5 Å². The van der Waals surface area contributed by atoms with Crippen molar-refractivity contribution in [2.45, 2.75) is 20.0 Å². The van der Waals surface area contributed by atoms with Crippen molar-refractivity contribution in [3.05, 3.63) is 64.0 Å². The number of aromatic amines is 1. The molecule has 0 spiro atoms. The van der Waals surface area contributed by atoms with Crippen LogP contribution in [0.25, 0.3) is 5.65 Å². The van der Waals surface area contributed by atoms with E-state index in [9.17, 15) is 9.90 Å². The number of nitrogens with one attached hydrogen (secondary N) is 1. The molecule has 3 heterocycles. The molecular weight excluding hydrogens is 280 g/mol. The minimum atomic E-state index is -0.367. The minimum Gasteiger partial charge on any atom is -0.503 e. The average Bonchev–Trinajstić information content (AvgIpc) is 2.79. The summed E-state index contributed by atoms with van der Waals surface area (Å²) in [4.78, 5) is 21.0. The molecule has 6 nitrogen and oxygen atoms in total. The molecule has 0 saturated carbocycles. The Morgan fingerprint density at radius 2 is 2.18 bits per heavy atom. The summed E-state index contributed by atoms with van der Waals surface area (Å²) in [6.45, 7) is 3.29. The van der Waals surface area contributed by atoms with E-state index in [2.05, 4.69) is 19.3 Å². The number of imidazole rings is 1. The van der Waals surface area contributed by atoms with E-state index in [1.165, 1.54) is 12.3 Å². The van der Waals surface area contributed by atoms with E-state index in [-0.39, 0.29) is 11.2 Å². The highest BCUT2D eigenvalue weighted by molar-refractivity contribution is 5.42. The standard InChI is InChI=1S/C16H18N4O2/c1-11-13(20-6-4-3-5-16(20)18-11)10-19(2)9-12-7-14(21)15(22)8-17-12/h3-8,22H,9-10H2,1-2H3,(H,17,21). The predicted molar refractivity (Wildman–Crippen MR) is 83.8 cm³/mol. The molecule has 22 heavy (non-hydrogen) atoms. The molecule has 0 radical (unpaired) electrons. The van der Waals surface area contributed by atoms with Gasteiger partial charge in [-0.2, -0.15) is 0 Å². The van der Waals surface area contributed by atoms with Crippen LogP contribution >= 0.6 is 0 Å². The van der Waals surface area contributed by atoms with Gasteiger partial charge in [0, 0.05) is 37.2 Å². The summed E-state index contributed by atoms with van der Waals surface area (Å²) in [5.41, 5.74) is 3.45. The highest BCUT2D eigenvalue weighted by atomic mass is 16.3. The van der Waals surface area contributed by atoms with E-state index >= 15 is 0 Å². The first kappa shape index (κ1) is 14.3. The number of aryl methyl sites for hydroxylation is 1. The second kappa shape index (κ2) is 5.65. The van der Waals surface area contributed by atoms with Gasteiger partial charge >= 0.3 is 0 Å². The molecular formula is C16H18N4O2. The first-order valence-electron chi connectivity index (χ1n) is 7.06. The van der Waals surface area contributed by atoms with Gasteiger partial charge in [0.15, 0.2) is 5.75 Å². The molecule has 0 aliphatic carbocycles. The Labute approximate surface area is 127 Å². The van der Waals surface area contributed by atoms with Gasteiger partial charge in [-0.1, -0.05) is 6.07 Å². The second-order valence-electron chi connectivity index (χ2n) is 5.45. The largest absolute Gasteiger partial charge is 0.503 e. The fourth-order valence-electron chi connectivity index (χ4n) is 2.55. The topological polar surface area (TPSA) is 73.6 Å². The Morgan fingerprint density at radius 1 is 1.36 bits per heavy atom. The normalized spacial score (nSPS) is 11.4. The Hall–Kier alpha value is -2.60. The third kappa shape index (κ3) is 2.73. The van der Waals surface area contributed by atoms with E-state index in [0.29, 0.717) is 13.1 Å². The van der Waals surface area contributed by atoms with Gasteiger partial charge in [-0.25, -0.2) is 4.98 Å². The molecule has 2 N–H and O–H groups in total. The van der Waals surface area contributed by atoms with Crippen LogP contribution in [0.1, 0.15) is 17.1 Å². The summed E-state index contributed by atoms with van der Waals surface area (Å²) < 4.78 is 2.07. The number of hydrogen-bond donors (Lipinski definition) is 2. The lowest BCUT2D eigenvalue weighted by Crippen LogP contribution is -2.20. The van der Waals surface area contributed by atoms with E-state index < -0.39 is 0 Å². The molecule has 0 saturated heterocycles. The minimum absolute atomic E-state index is 0.260. The summed E-state index contributed by atoms with van der Waals surface area (Å²) in [6, 6.07) is 7.35. The van der Waals surface area contributed by atoms with Gasteiger partial charge in [-0.3, -0.25) is 9.69 Å². The van der Waals surface area contributed by atoms with Crippen LogP contribution in [-0.4, -0.2) is 31.4 Å². The number of rotatable bonds is 4. The zero-order valence-corrected chi connectivity index (χ0v) is 12.6. The molecule has 3 aromatic rings. The summed E-state index contributed by atoms with van der Waals surface area (Å²) in [5.74, 6) is -0.260. The molecule has 6 heteroatoms. The van der Waals surface area contributed by atoms with Crippen LogP contribution in [0.5, 0.6) is 5.75 Å². The molecule has 0 unspecified atom stereocenters. The van der Waals surface area contributed by atoms with Gasteiger partial charge in [-0.15, -0.1) is 0 Å². The molecule has 114 valence electrons. The number of aromatic hydroxyl groups is 1. The van der Waals surface area contributed by atoms with Crippen molar-refractivity contribution in [1.29, 1.82) is 0 Å². The molecule has 0 aromatic carbocycles. The Balaban J connectivity index is 1.81. The third-order valence-electron chi connectivity index (χ3n) is 3.64. The van der Waals surface area contributed by atoms with Crippen LogP contribution in [-0.2, 0) is 13.1 Å². The van der Waals surface area contributed by atoms with Gasteiger partial charge < -0.3 is 14.5 Å². The van der Waals surface area contributed by atoms with Crippen molar-refractivity contribution in [3.8, 4) is 5.75 Å². The number of H-pyrrole nitrogens is 1. The maximum atomic E-state index is 11.5. The smallest absolute Gasteiger partial charge is 0.223 e. The Morgan fingerprint density at radius 3 is 2.95 bits per heavy atom. The van der Waals surface area contributed by atoms with Crippen LogP contribution in [0, 0.1) is 6.92 Å². The third-order valence-corrected chi connectivity index (χ3v) is 3.64. The highest BCUT2D eigenvalue weighted by Crippen LogP contribution is 2.14. The van der Waals surface area contributed by atoms with Crippen LogP contribution < -0.4 is 5.43 Å². The summed E-state index contributed by atoms with van der Waals surface area (Å²) in [7, 11) is 1.98. The van der Waals surface area contributed by atoms with Crippen molar-refractivity contribution < 1.29 is 5.11 Å². The lowest BCUT2D eigenvalue weighted by Gasteiger charge is -2.17. The maximum Gasteiger partial charge on any atom is 0.223 e. The fourth-order valence-corrected chi connectivity index (χ4v) is 2.55. The molecule has 0 aliphatic rings. The van der Waals surface area contributed by atoms with Crippen molar-refractivity contribution in [2.24, 2.45) is 0 Å². The fraction of sp³-hybridized carbons (Fsp3) is 0.250. The highest BCUT2D eigenvalue weighted by Gasteiger charge is 2.11. The number of hydrogen-bond acceptors (Lipinski definition) is 4. The molecule has 0 bridgehead atoms. The summed E-state index contributed by atoms with van der Waals surface area (Å²) in [5, 5.41) is 9.27. The number of fused-ring (bicyclic) bond motifs is 1. The quantitative estimate of drug-likeness (QED) is 0.768. The van der Waals surface area contributed by atoms with Gasteiger partial charge in [0.05, 0.1) is 11.4 Å². The Kier molecular flexibility index (Phi) is 3.68. The lowest BCUT2D eigenvalue weighted by molar-refractivity contribution is 0.309. The lowest BCUT2D eigenvalue weighted by atomic mass is 10.3. The van der Waals surface area contributed by atoms with Crippen molar-refractivity contribution in [2.75, 3.05) is 7.05 Å². The first-order chi connectivity index (χ1) is 10.5. The molecule has 0 amide bonds. The zero-order chi connectivity index (χ0) is 15.7. The second-order valence-corrected chi connectivity index (χ2v) is 5.45. The molecule has 3 rings (SSSR count). The zero-order valence-electron chi connectivity index (χ0n) is 12.6. The van der Waals surface area contributed by atoms with E-state index in [4.69, 9.17) is 0 Å². The predicted octanol–water partition coefficient (Wildman–Crippen LogP) is 1.67. The molecule has 0 fully saturated rings. The average molecular weight is 298 g/mol. The van der Waals surface area contributed by atoms with Crippen molar-refractivity contribution in [1.82, 2.24) is 19.3 Å². The van der Waals surface area contributed by atoms with E-state index in [0.717, 1.165) is 22.7 Å². The molecule has 0 aliphatic heterocycles. The van der Waals surface area contributed by atoms with Gasteiger partial charge in [0.2, 0.25) is 5.43 Å². The molecule has 0 atom stereocenters. The Bertz CT molecular complexity index is 866. The van der Waals surface area contributed by atoms with Crippen LogP contribution in [0.2, 0.25) is 0 Å². The molecule has 3 aromatic heterocycles. The number of aromatic nitrogens is 3. The van der Waals surface area contributed by atoms with Gasteiger partial charge in [0.1, 0.15) is 5.65 Å². The van der Waals surface area contributed by atoms with Crippen LogP contribution in [0.4, 0.5) is 0 Å². The number of nitrogens with zero attached hydrogens (tertiary/aromatic N) is 3. The monoisotopic (exact) mass is 298 g/mol. The maximum absolute atomic E-state index is 11.5. The summed E-state index contributed by atoms with van der Waals surface area (Å²) >= 11 is 0. The van der Waals surface area contributed by atoms with Gasteiger partial charge in [0.25, 0.3) is 0 Å². The summed E-state index contributed by atoms with van der Waals surface area (Å²) in [6.07, 6.45) is 3.33. The van der Waals surface area contributed by atoms with Crippen molar-refractivity contribution >= 4 is 5.65 Å². The SMILES string of the molecule is Cc1nc2ccccn2c1CN(C)Cc1cc(=O)c(O)c[nH]1. The van der Waals surface area contributed by atoms with Gasteiger partial charge in [-0.05, 0) is 26.1 Å². The van der Waals surface area contributed by atoms with Crippen LogP contribution in [0.3, 0.4) is 0 Å². The van der Waals surface area contributed by atoms with E-state index in [1.54, 1.807) is 0 Å². The van der Waals surface area contributed by atoms with Crippen molar-refractivity contribution in [3.63, 3.8) is 0 Å².